The molecule has 0 aliphatic heterocycles. The zero-order valence-corrected chi connectivity index (χ0v) is 20.5. The molecule has 0 bridgehead atoms. The molecule has 0 heterocycles. The van der Waals surface area contributed by atoms with Gasteiger partial charge in [0.1, 0.15) is 17.3 Å². The summed E-state index contributed by atoms with van der Waals surface area (Å²) in [5.41, 5.74) is 4.03. The predicted octanol–water partition coefficient (Wildman–Crippen LogP) is 3.53. The van der Waals surface area contributed by atoms with Gasteiger partial charge in [-0.3, -0.25) is 15.5 Å². The van der Waals surface area contributed by atoms with E-state index in [1.165, 1.54) is 6.08 Å². The van der Waals surface area contributed by atoms with Gasteiger partial charge in [0, 0.05) is 11.6 Å². The molecular formula is C26H26N2O5S2. The molecule has 0 unspecified atom stereocenters. The minimum absolute atomic E-state index is 0.0546. The first-order valence-electron chi connectivity index (χ1n) is 10.8. The predicted molar refractivity (Wildman–Crippen MR) is 140 cm³/mol. The molecule has 9 heteroatoms. The van der Waals surface area contributed by atoms with Crippen LogP contribution in [-0.2, 0) is 20.4 Å². The van der Waals surface area contributed by atoms with Crippen LogP contribution in [0.5, 0.6) is 5.75 Å². The van der Waals surface area contributed by atoms with Crippen LogP contribution in [0.4, 0.5) is 0 Å². The number of ether oxygens (including phenoxy) is 1. The number of hydrogen-bond donors (Lipinski definition) is 3. The number of thiocarbonyl (C=S) groups is 1. The summed E-state index contributed by atoms with van der Waals surface area (Å²) in [6.45, 7) is -0.0546. The molecule has 0 aliphatic carbocycles. The third-order valence-corrected chi connectivity index (χ3v) is 6.94. The van der Waals surface area contributed by atoms with Gasteiger partial charge in [0.15, 0.2) is 9.84 Å². The fourth-order valence-electron chi connectivity index (χ4n) is 3.27. The Hall–Kier alpha value is -3.53. The van der Waals surface area contributed by atoms with Crippen LogP contribution in [0, 0.1) is 0 Å². The van der Waals surface area contributed by atoms with Crippen molar-refractivity contribution in [3.8, 4) is 5.75 Å². The Kier molecular flexibility index (Phi) is 9.54. The number of carbonyl (C=O) groups is 1. The molecule has 1 amide bonds. The number of hydroxylamine groups is 1. The summed E-state index contributed by atoms with van der Waals surface area (Å²) < 4.78 is 31.5. The van der Waals surface area contributed by atoms with Gasteiger partial charge < -0.3 is 10.1 Å². The molecule has 0 spiro atoms. The fraction of sp³-hybridized carbons (Fsp3) is 0.154. The molecule has 0 saturated heterocycles. The van der Waals surface area contributed by atoms with E-state index in [4.69, 9.17) is 22.2 Å². The van der Waals surface area contributed by atoms with Gasteiger partial charge in [0.2, 0.25) is 5.91 Å². The van der Waals surface area contributed by atoms with Gasteiger partial charge in [0.05, 0.1) is 17.5 Å². The Morgan fingerprint density at radius 1 is 0.971 bits per heavy atom. The molecule has 3 aromatic carbocycles. The topological polar surface area (TPSA) is 105 Å². The molecule has 0 aromatic heterocycles. The van der Waals surface area contributed by atoms with Crippen LogP contribution in [-0.4, -0.2) is 42.9 Å². The van der Waals surface area contributed by atoms with Gasteiger partial charge in [0.25, 0.3) is 0 Å². The molecule has 3 N–H and O–H groups in total. The molecule has 35 heavy (non-hydrogen) atoms. The van der Waals surface area contributed by atoms with Crippen molar-refractivity contribution in [2.24, 2.45) is 0 Å². The van der Waals surface area contributed by atoms with Crippen molar-refractivity contribution in [3.05, 3.63) is 108 Å². The molecular weight excluding hydrogens is 484 g/mol. The third kappa shape index (κ3) is 8.97. The summed E-state index contributed by atoms with van der Waals surface area (Å²) in [4.78, 5) is 12.7. The Bertz CT molecular complexity index is 1250. The summed E-state index contributed by atoms with van der Waals surface area (Å²) in [6, 6.07) is 24.0. The van der Waals surface area contributed by atoms with Gasteiger partial charge in [-0.05, 0) is 41.5 Å². The van der Waals surface area contributed by atoms with E-state index in [2.05, 4.69) is 5.32 Å². The summed E-state index contributed by atoms with van der Waals surface area (Å²) in [6.07, 6.45) is 3.02. The molecule has 1 atom stereocenters. The molecule has 0 fully saturated rings. The van der Waals surface area contributed by atoms with Crippen LogP contribution in [0.1, 0.15) is 16.7 Å². The highest BCUT2D eigenvalue weighted by molar-refractivity contribution is 7.90. The number of benzene rings is 3. The largest absolute Gasteiger partial charge is 0.491 e. The number of amides is 1. The molecule has 182 valence electrons. The van der Waals surface area contributed by atoms with Crippen molar-refractivity contribution < 1.29 is 23.2 Å². The van der Waals surface area contributed by atoms with E-state index >= 15 is 0 Å². The Morgan fingerprint density at radius 2 is 1.60 bits per heavy atom. The van der Waals surface area contributed by atoms with Crippen molar-refractivity contribution in [1.29, 1.82) is 0 Å². The van der Waals surface area contributed by atoms with E-state index in [-0.39, 0.29) is 23.1 Å². The lowest BCUT2D eigenvalue weighted by atomic mass is 10.2. The summed E-state index contributed by atoms with van der Waals surface area (Å²) in [5.74, 6) is -0.384. The monoisotopic (exact) mass is 510 g/mol. The first-order valence-corrected chi connectivity index (χ1v) is 13.0. The lowest BCUT2D eigenvalue weighted by Gasteiger charge is -2.19. The Balaban J connectivity index is 1.69. The van der Waals surface area contributed by atoms with Gasteiger partial charge >= 0.3 is 0 Å². The standard InChI is InChI=1S/C26H26N2O5S2/c29-25(16-11-20-7-3-1-4-8-20)27-23(19-35(31,32)18-21-9-5-2-6-10-21)17-33-24-14-12-22(13-15-24)26(34)28-30/h1-16,23,30H,17-19H2,(H,27,29)(H,28,34)/t23-/m1/s1. The van der Waals surface area contributed by atoms with Crippen molar-refractivity contribution >= 4 is 39.0 Å². The van der Waals surface area contributed by atoms with Crippen molar-refractivity contribution in [3.63, 3.8) is 0 Å². The van der Waals surface area contributed by atoms with Crippen LogP contribution < -0.4 is 15.5 Å². The first kappa shape index (κ1) is 26.1. The summed E-state index contributed by atoms with van der Waals surface area (Å²) in [5, 5.41) is 11.7. The average molecular weight is 511 g/mol. The quantitative estimate of drug-likeness (QED) is 0.206. The van der Waals surface area contributed by atoms with Gasteiger partial charge in [-0.15, -0.1) is 0 Å². The highest BCUT2D eigenvalue weighted by Crippen LogP contribution is 2.14. The van der Waals surface area contributed by atoms with Gasteiger partial charge in [-0.1, -0.05) is 72.9 Å². The second kappa shape index (κ2) is 12.8. The number of carbonyl (C=O) groups excluding carboxylic acids is 1. The van der Waals surface area contributed by atoms with Crippen LogP contribution >= 0.6 is 12.2 Å². The second-order valence-electron chi connectivity index (χ2n) is 7.77. The highest BCUT2D eigenvalue weighted by Gasteiger charge is 2.22. The maximum Gasteiger partial charge on any atom is 0.244 e. The minimum Gasteiger partial charge on any atom is -0.491 e. The third-order valence-electron chi connectivity index (χ3n) is 4.93. The lowest BCUT2D eigenvalue weighted by molar-refractivity contribution is -0.117. The number of nitrogens with one attached hydrogen (secondary N) is 2. The minimum atomic E-state index is -3.54. The highest BCUT2D eigenvalue weighted by atomic mass is 32.2. The zero-order chi connectivity index (χ0) is 25.1. The van der Waals surface area contributed by atoms with Crippen LogP contribution in [0.2, 0.25) is 0 Å². The van der Waals surface area contributed by atoms with Crippen LogP contribution in [0.25, 0.3) is 6.08 Å². The van der Waals surface area contributed by atoms with E-state index in [0.717, 1.165) is 5.56 Å². The van der Waals surface area contributed by atoms with Crippen molar-refractivity contribution in [1.82, 2.24) is 10.8 Å². The molecule has 7 nitrogen and oxygen atoms in total. The molecule has 3 rings (SSSR count). The second-order valence-corrected chi connectivity index (χ2v) is 10.3. The number of hydrogen-bond acceptors (Lipinski definition) is 6. The Labute approximate surface area is 210 Å². The average Bonchev–Trinajstić information content (AvgIpc) is 2.86. The molecule has 0 saturated carbocycles. The van der Waals surface area contributed by atoms with Gasteiger partial charge in [-0.2, -0.15) is 0 Å². The van der Waals surface area contributed by atoms with Crippen LogP contribution in [0.15, 0.2) is 91.0 Å². The first-order chi connectivity index (χ1) is 16.8. The molecule has 0 radical (unpaired) electrons. The van der Waals surface area contributed by atoms with Crippen LogP contribution in [0.3, 0.4) is 0 Å². The summed E-state index contributed by atoms with van der Waals surface area (Å²) >= 11 is 4.97. The smallest absolute Gasteiger partial charge is 0.244 e. The normalized spacial score (nSPS) is 12.1. The van der Waals surface area contributed by atoms with E-state index in [1.54, 1.807) is 54.6 Å². The van der Waals surface area contributed by atoms with E-state index in [0.29, 0.717) is 16.9 Å². The van der Waals surface area contributed by atoms with E-state index in [1.807, 2.05) is 41.9 Å². The van der Waals surface area contributed by atoms with E-state index in [9.17, 15) is 13.2 Å². The maximum absolute atomic E-state index is 12.9. The SMILES string of the molecule is O=C(C=Cc1ccccc1)N[C@H](COc1ccc(C(=S)NO)cc1)CS(=O)(=O)Cc1ccccc1. The van der Waals surface area contributed by atoms with Crippen molar-refractivity contribution in [2.75, 3.05) is 12.4 Å². The summed E-state index contributed by atoms with van der Waals surface area (Å²) in [7, 11) is -3.54. The van der Waals surface area contributed by atoms with Crippen molar-refractivity contribution in [2.45, 2.75) is 11.8 Å². The Morgan fingerprint density at radius 3 is 2.23 bits per heavy atom. The number of rotatable bonds is 11. The fourth-order valence-corrected chi connectivity index (χ4v) is 5.02. The molecule has 0 aliphatic rings. The van der Waals surface area contributed by atoms with E-state index < -0.39 is 21.8 Å². The maximum atomic E-state index is 12.9. The number of sulfone groups is 1. The lowest BCUT2D eigenvalue weighted by Crippen LogP contribution is -2.43. The van der Waals surface area contributed by atoms with Gasteiger partial charge in [-0.25, -0.2) is 8.42 Å². The zero-order valence-electron chi connectivity index (χ0n) is 18.8. The molecule has 3 aromatic rings.